The van der Waals surface area contributed by atoms with E-state index in [9.17, 15) is 9.59 Å². The number of carbonyl (C=O) groups is 2. The standard InChI is InChI=1S/C26H32O6/c1-29-25(19-31-17-21-9-5-3-6-10-21)15-23(27)13-14-24(28)16-26(30-2)20-32-18-22-11-7-4-8-12-22/h3-14,25-26H,15-20H2,1-2H3/b14-13+. The first-order valence-electron chi connectivity index (χ1n) is 10.6. The second-order valence-electron chi connectivity index (χ2n) is 7.39. The van der Waals surface area contributed by atoms with Crippen molar-refractivity contribution in [1.29, 1.82) is 0 Å². The van der Waals surface area contributed by atoms with E-state index in [0.29, 0.717) is 26.4 Å². The van der Waals surface area contributed by atoms with E-state index in [1.54, 1.807) is 0 Å². The summed E-state index contributed by atoms with van der Waals surface area (Å²) >= 11 is 0. The lowest BCUT2D eigenvalue weighted by atomic mass is 10.1. The van der Waals surface area contributed by atoms with Gasteiger partial charge in [0.15, 0.2) is 11.6 Å². The van der Waals surface area contributed by atoms with Crippen molar-refractivity contribution in [3.8, 4) is 0 Å². The summed E-state index contributed by atoms with van der Waals surface area (Å²) in [5.41, 5.74) is 2.11. The van der Waals surface area contributed by atoms with Gasteiger partial charge >= 0.3 is 0 Å². The van der Waals surface area contributed by atoms with Crippen LogP contribution in [0.2, 0.25) is 0 Å². The summed E-state index contributed by atoms with van der Waals surface area (Å²) < 4.78 is 21.9. The van der Waals surface area contributed by atoms with Gasteiger partial charge in [-0.25, -0.2) is 0 Å². The van der Waals surface area contributed by atoms with Crippen LogP contribution in [0.1, 0.15) is 24.0 Å². The summed E-state index contributed by atoms with van der Waals surface area (Å²) in [6, 6.07) is 19.6. The average Bonchev–Trinajstić information content (AvgIpc) is 2.82. The van der Waals surface area contributed by atoms with Crippen molar-refractivity contribution in [3.05, 3.63) is 83.9 Å². The highest BCUT2D eigenvalue weighted by Gasteiger charge is 2.14. The molecule has 6 heteroatoms. The molecule has 0 aliphatic carbocycles. The smallest absolute Gasteiger partial charge is 0.158 e. The molecule has 0 aliphatic heterocycles. The highest BCUT2D eigenvalue weighted by atomic mass is 16.5. The first kappa shape index (κ1) is 25.6. The van der Waals surface area contributed by atoms with Crippen LogP contribution in [0.25, 0.3) is 0 Å². The Labute approximate surface area is 190 Å². The number of ether oxygens (including phenoxy) is 4. The molecule has 172 valence electrons. The van der Waals surface area contributed by atoms with Gasteiger partial charge < -0.3 is 18.9 Å². The third-order valence-electron chi connectivity index (χ3n) is 4.81. The van der Waals surface area contributed by atoms with E-state index in [1.165, 1.54) is 26.4 Å². The molecule has 2 unspecified atom stereocenters. The predicted octanol–water partition coefficient (Wildman–Crippen LogP) is 3.92. The minimum absolute atomic E-state index is 0.142. The molecule has 0 fully saturated rings. The second kappa shape index (κ2) is 15.2. The zero-order chi connectivity index (χ0) is 23.0. The molecule has 2 rings (SSSR count). The number of carbonyl (C=O) groups excluding carboxylic acids is 2. The first-order chi connectivity index (χ1) is 15.6. The number of allylic oxidation sites excluding steroid dienone is 2. The van der Waals surface area contributed by atoms with Crippen molar-refractivity contribution in [2.75, 3.05) is 27.4 Å². The van der Waals surface area contributed by atoms with Gasteiger partial charge in [0.2, 0.25) is 0 Å². The molecule has 2 aromatic rings. The molecule has 0 radical (unpaired) electrons. The molecule has 0 N–H and O–H groups in total. The predicted molar refractivity (Wildman–Crippen MR) is 122 cm³/mol. The molecular formula is C26H32O6. The van der Waals surface area contributed by atoms with Gasteiger partial charge in [0.1, 0.15) is 0 Å². The fraction of sp³-hybridized carbons (Fsp3) is 0.385. The fourth-order valence-corrected chi connectivity index (χ4v) is 2.96. The van der Waals surface area contributed by atoms with Gasteiger partial charge in [-0.3, -0.25) is 9.59 Å². The molecule has 6 nitrogen and oxygen atoms in total. The zero-order valence-electron chi connectivity index (χ0n) is 18.8. The lowest BCUT2D eigenvalue weighted by molar-refractivity contribution is -0.120. The molecule has 2 aromatic carbocycles. The molecule has 0 aliphatic rings. The van der Waals surface area contributed by atoms with Crippen molar-refractivity contribution in [2.24, 2.45) is 0 Å². The lowest BCUT2D eigenvalue weighted by Gasteiger charge is -2.14. The molecule has 0 heterocycles. The highest BCUT2D eigenvalue weighted by molar-refractivity contribution is 5.98. The average molecular weight is 441 g/mol. The van der Waals surface area contributed by atoms with Gasteiger partial charge in [0, 0.05) is 27.1 Å². The summed E-state index contributed by atoms with van der Waals surface area (Å²) in [6.45, 7) is 1.49. The number of hydrogen-bond acceptors (Lipinski definition) is 6. The summed E-state index contributed by atoms with van der Waals surface area (Å²) in [4.78, 5) is 24.4. The highest BCUT2D eigenvalue weighted by Crippen LogP contribution is 2.07. The maximum absolute atomic E-state index is 12.2. The van der Waals surface area contributed by atoms with Crippen molar-refractivity contribution >= 4 is 11.6 Å². The fourth-order valence-electron chi connectivity index (χ4n) is 2.96. The van der Waals surface area contributed by atoms with Crippen LogP contribution >= 0.6 is 0 Å². The topological polar surface area (TPSA) is 71.1 Å². The molecule has 2 atom stereocenters. The minimum atomic E-state index is -0.371. The summed E-state index contributed by atoms with van der Waals surface area (Å²) in [7, 11) is 3.08. The number of rotatable bonds is 16. The number of methoxy groups -OCH3 is 2. The van der Waals surface area contributed by atoms with Crippen LogP contribution in [0.15, 0.2) is 72.8 Å². The van der Waals surface area contributed by atoms with Gasteiger partial charge in [0.05, 0.1) is 38.6 Å². The Morgan fingerprint density at radius 2 is 1.06 bits per heavy atom. The zero-order valence-corrected chi connectivity index (χ0v) is 18.8. The number of ketones is 2. The van der Waals surface area contributed by atoms with Crippen molar-refractivity contribution in [3.63, 3.8) is 0 Å². The van der Waals surface area contributed by atoms with E-state index < -0.39 is 0 Å². The van der Waals surface area contributed by atoms with Crippen LogP contribution in [0, 0.1) is 0 Å². The Kier molecular flexibility index (Phi) is 12.2. The third kappa shape index (κ3) is 10.6. The van der Waals surface area contributed by atoms with Gasteiger partial charge in [-0.1, -0.05) is 60.7 Å². The molecule has 0 amide bonds. The molecule has 0 bridgehead atoms. The second-order valence-corrected chi connectivity index (χ2v) is 7.39. The van der Waals surface area contributed by atoms with E-state index >= 15 is 0 Å². The van der Waals surface area contributed by atoms with E-state index in [2.05, 4.69) is 0 Å². The summed E-state index contributed by atoms with van der Waals surface area (Å²) in [5, 5.41) is 0. The maximum Gasteiger partial charge on any atom is 0.158 e. The molecular weight excluding hydrogens is 408 g/mol. The molecule has 0 saturated carbocycles. The Morgan fingerprint density at radius 1 is 0.688 bits per heavy atom. The van der Waals surface area contributed by atoms with Crippen LogP contribution in [0.3, 0.4) is 0 Å². The number of benzene rings is 2. The lowest BCUT2D eigenvalue weighted by Crippen LogP contribution is -2.22. The SMILES string of the molecule is COC(COCc1ccccc1)CC(=O)/C=C/C(=O)CC(COCc1ccccc1)OC. The number of hydrogen-bond donors (Lipinski definition) is 0. The molecule has 0 spiro atoms. The third-order valence-corrected chi connectivity index (χ3v) is 4.81. The summed E-state index contributed by atoms with van der Waals surface area (Å²) in [5.74, 6) is -0.384. The van der Waals surface area contributed by atoms with E-state index in [-0.39, 0.29) is 36.6 Å². The van der Waals surface area contributed by atoms with Crippen LogP contribution in [0.4, 0.5) is 0 Å². The van der Waals surface area contributed by atoms with E-state index in [1.807, 2.05) is 60.7 Å². The van der Waals surface area contributed by atoms with Gasteiger partial charge in [-0.15, -0.1) is 0 Å². The molecule has 0 aromatic heterocycles. The van der Waals surface area contributed by atoms with Crippen molar-refractivity contribution in [2.45, 2.75) is 38.3 Å². The van der Waals surface area contributed by atoms with Gasteiger partial charge in [-0.05, 0) is 23.3 Å². The molecule has 0 saturated heterocycles. The van der Waals surface area contributed by atoms with E-state index in [0.717, 1.165) is 11.1 Å². The minimum Gasteiger partial charge on any atom is -0.379 e. The van der Waals surface area contributed by atoms with Crippen LogP contribution in [-0.4, -0.2) is 51.2 Å². The Balaban J connectivity index is 1.67. The Morgan fingerprint density at radius 3 is 1.41 bits per heavy atom. The molecule has 32 heavy (non-hydrogen) atoms. The van der Waals surface area contributed by atoms with Crippen LogP contribution < -0.4 is 0 Å². The van der Waals surface area contributed by atoms with Crippen LogP contribution in [-0.2, 0) is 41.8 Å². The van der Waals surface area contributed by atoms with Gasteiger partial charge in [-0.2, -0.15) is 0 Å². The van der Waals surface area contributed by atoms with Crippen molar-refractivity contribution < 1.29 is 28.5 Å². The Bertz CT molecular complexity index is 749. The van der Waals surface area contributed by atoms with Crippen molar-refractivity contribution in [1.82, 2.24) is 0 Å². The van der Waals surface area contributed by atoms with E-state index in [4.69, 9.17) is 18.9 Å². The normalized spacial score (nSPS) is 13.2. The van der Waals surface area contributed by atoms with Gasteiger partial charge in [0.25, 0.3) is 0 Å². The largest absolute Gasteiger partial charge is 0.379 e. The van der Waals surface area contributed by atoms with Crippen LogP contribution in [0.5, 0.6) is 0 Å². The monoisotopic (exact) mass is 440 g/mol. The quantitative estimate of drug-likeness (QED) is 0.369. The Hall–Kier alpha value is -2.64. The first-order valence-corrected chi connectivity index (χ1v) is 10.6. The summed E-state index contributed by atoms with van der Waals surface area (Å²) in [6.07, 6.45) is 2.13. The maximum atomic E-state index is 12.2.